The number of aryl methyl sites for hydroxylation is 1. The van der Waals surface area contributed by atoms with Crippen molar-refractivity contribution < 1.29 is 23.9 Å². The topological polar surface area (TPSA) is 109 Å². The van der Waals surface area contributed by atoms with Crippen LogP contribution in [0, 0.1) is 10.1 Å². The van der Waals surface area contributed by atoms with E-state index in [4.69, 9.17) is 14.2 Å². The van der Waals surface area contributed by atoms with Gasteiger partial charge in [-0.2, -0.15) is 0 Å². The summed E-state index contributed by atoms with van der Waals surface area (Å²) in [6.07, 6.45) is 1.76. The number of fused-ring (bicyclic) bond motifs is 2. The van der Waals surface area contributed by atoms with Crippen LogP contribution in [-0.2, 0) is 16.1 Å². The molecule has 2 heterocycles. The highest BCUT2D eigenvalue weighted by Gasteiger charge is 2.40. The Morgan fingerprint density at radius 2 is 1.68 bits per heavy atom. The molecular weight excluding hydrogens is 510 g/mol. The lowest BCUT2D eigenvalue weighted by atomic mass is 9.79. The van der Waals surface area contributed by atoms with Crippen LogP contribution < -0.4 is 9.47 Å². The van der Waals surface area contributed by atoms with Gasteiger partial charge in [0.25, 0.3) is 0 Å². The lowest BCUT2D eigenvalue weighted by Crippen LogP contribution is -2.27. The lowest BCUT2D eigenvalue weighted by Gasteiger charge is -2.24. The Hall–Kier alpha value is -4.79. The van der Waals surface area contributed by atoms with Gasteiger partial charge >= 0.3 is 5.97 Å². The molecule has 0 saturated heterocycles. The average Bonchev–Trinajstić information content (AvgIpc) is 3.55. The van der Waals surface area contributed by atoms with Gasteiger partial charge < -0.3 is 23.8 Å². The molecule has 0 spiro atoms. The summed E-state index contributed by atoms with van der Waals surface area (Å²) in [5.41, 5.74) is 4.71. The Kier molecular flexibility index (Phi) is 7.46. The number of hydrogen-bond acceptors (Lipinski definition) is 6. The molecule has 2 atom stereocenters. The highest BCUT2D eigenvalue weighted by Crippen LogP contribution is 2.46. The van der Waals surface area contributed by atoms with Crippen molar-refractivity contribution in [1.29, 1.82) is 0 Å². The van der Waals surface area contributed by atoms with Crippen LogP contribution in [0.3, 0.4) is 0 Å². The molecule has 40 heavy (non-hydrogen) atoms. The molecule has 0 saturated carbocycles. The molecule has 3 aromatic carbocycles. The molecule has 5 aromatic rings. The standard InChI is InChI=1S/C31H31N3O6/c1-5-33-27-15-14-21(39-3)16-23(27)28(30(33)19-10-12-20(38-2)13-11-19)25(18-34(36)37)29(31(35)40-4)24-17-32-26-9-7-6-8-22(24)26/h6-17,25,29,32H,5,18H2,1-4H3. The number of hydrogen-bond donors (Lipinski definition) is 1. The number of nitro groups is 1. The molecule has 0 amide bonds. The van der Waals surface area contributed by atoms with E-state index < -0.39 is 24.3 Å². The second kappa shape index (κ2) is 11.1. The van der Waals surface area contributed by atoms with Crippen LogP contribution in [0.25, 0.3) is 33.1 Å². The van der Waals surface area contributed by atoms with E-state index in [1.807, 2.05) is 73.7 Å². The van der Waals surface area contributed by atoms with E-state index in [0.29, 0.717) is 29.2 Å². The van der Waals surface area contributed by atoms with E-state index in [0.717, 1.165) is 33.1 Å². The van der Waals surface area contributed by atoms with E-state index in [2.05, 4.69) is 9.55 Å². The Morgan fingerprint density at radius 1 is 0.975 bits per heavy atom. The number of rotatable bonds is 10. The minimum atomic E-state index is -0.953. The number of aromatic amines is 1. The number of nitrogens with one attached hydrogen (secondary N) is 1. The number of methoxy groups -OCH3 is 3. The third-order valence-corrected chi connectivity index (χ3v) is 7.52. The van der Waals surface area contributed by atoms with Gasteiger partial charge in [-0.25, -0.2) is 0 Å². The smallest absolute Gasteiger partial charge is 0.314 e. The quantitative estimate of drug-likeness (QED) is 0.129. The normalized spacial score (nSPS) is 12.8. The highest BCUT2D eigenvalue weighted by molar-refractivity contribution is 5.96. The van der Waals surface area contributed by atoms with E-state index in [1.54, 1.807) is 20.4 Å². The fourth-order valence-electron chi connectivity index (χ4n) is 5.76. The minimum Gasteiger partial charge on any atom is -0.497 e. The first-order chi connectivity index (χ1) is 19.4. The molecule has 2 unspecified atom stereocenters. The lowest BCUT2D eigenvalue weighted by molar-refractivity contribution is -0.483. The molecule has 0 fully saturated rings. The van der Waals surface area contributed by atoms with Crippen molar-refractivity contribution in [2.75, 3.05) is 27.9 Å². The zero-order chi connectivity index (χ0) is 28.4. The Labute approximate surface area is 231 Å². The van der Waals surface area contributed by atoms with Crippen molar-refractivity contribution in [1.82, 2.24) is 9.55 Å². The number of benzene rings is 3. The zero-order valence-corrected chi connectivity index (χ0v) is 22.8. The van der Waals surface area contributed by atoms with Crippen molar-refractivity contribution in [3.05, 3.63) is 94.2 Å². The molecule has 2 aromatic heterocycles. The van der Waals surface area contributed by atoms with Gasteiger partial charge in [0.1, 0.15) is 11.5 Å². The number of H-pyrrole nitrogens is 1. The molecule has 9 heteroatoms. The van der Waals surface area contributed by atoms with Crippen molar-refractivity contribution in [2.24, 2.45) is 0 Å². The van der Waals surface area contributed by atoms with Gasteiger partial charge in [-0.1, -0.05) is 18.2 Å². The van der Waals surface area contributed by atoms with E-state index >= 15 is 0 Å². The van der Waals surface area contributed by atoms with Crippen LogP contribution in [0.4, 0.5) is 0 Å². The molecular formula is C31H31N3O6. The van der Waals surface area contributed by atoms with Gasteiger partial charge in [-0.15, -0.1) is 0 Å². The molecule has 0 aliphatic rings. The first-order valence-electron chi connectivity index (χ1n) is 13.0. The van der Waals surface area contributed by atoms with Gasteiger partial charge in [0.15, 0.2) is 0 Å². The zero-order valence-electron chi connectivity index (χ0n) is 22.8. The van der Waals surface area contributed by atoms with Crippen LogP contribution >= 0.6 is 0 Å². The molecule has 9 nitrogen and oxygen atoms in total. The van der Waals surface area contributed by atoms with Gasteiger partial charge in [-0.3, -0.25) is 14.9 Å². The predicted molar refractivity (Wildman–Crippen MR) is 154 cm³/mol. The molecule has 0 radical (unpaired) electrons. The predicted octanol–water partition coefficient (Wildman–Crippen LogP) is 6.14. The summed E-state index contributed by atoms with van der Waals surface area (Å²) in [7, 11) is 4.50. The van der Waals surface area contributed by atoms with Gasteiger partial charge in [0.2, 0.25) is 6.54 Å². The summed E-state index contributed by atoms with van der Waals surface area (Å²) in [5.74, 6) is -1.05. The number of aromatic nitrogens is 2. The van der Waals surface area contributed by atoms with Crippen LogP contribution in [0.5, 0.6) is 11.5 Å². The number of carbonyl (C=O) groups is 1. The number of nitrogens with zero attached hydrogens (tertiary/aromatic N) is 2. The Morgan fingerprint density at radius 3 is 2.33 bits per heavy atom. The van der Waals surface area contributed by atoms with Gasteiger partial charge in [0, 0.05) is 39.5 Å². The number of carbonyl (C=O) groups excluding carboxylic acids is 1. The number of esters is 1. The summed E-state index contributed by atoms with van der Waals surface area (Å²) < 4.78 is 18.4. The van der Waals surface area contributed by atoms with E-state index in [-0.39, 0.29) is 4.92 Å². The molecule has 0 bridgehead atoms. The van der Waals surface area contributed by atoms with Crippen LogP contribution in [-0.4, -0.2) is 48.3 Å². The Balaban J connectivity index is 1.88. The summed E-state index contributed by atoms with van der Waals surface area (Å²) in [6.45, 7) is 2.15. The fourth-order valence-corrected chi connectivity index (χ4v) is 5.76. The molecule has 5 rings (SSSR count). The van der Waals surface area contributed by atoms with Crippen LogP contribution in [0.1, 0.15) is 29.9 Å². The number of ether oxygens (including phenoxy) is 3. The molecule has 1 N–H and O–H groups in total. The molecule has 206 valence electrons. The monoisotopic (exact) mass is 541 g/mol. The highest BCUT2D eigenvalue weighted by atomic mass is 16.6. The summed E-state index contributed by atoms with van der Waals surface area (Å²) in [4.78, 5) is 28.8. The number of para-hydroxylation sites is 1. The average molecular weight is 542 g/mol. The maximum atomic E-state index is 13.6. The van der Waals surface area contributed by atoms with Crippen molar-refractivity contribution in [2.45, 2.75) is 25.3 Å². The first-order valence-corrected chi connectivity index (χ1v) is 13.0. The fraction of sp³-hybridized carbons (Fsp3) is 0.258. The van der Waals surface area contributed by atoms with E-state index in [1.165, 1.54) is 7.11 Å². The van der Waals surface area contributed by atoms with Crippen molar-refractivity contribution in [3.63, 3.8) is 0 Å². The maximum Gasteiger partial charge on any atom is 0.314 e. The minimum absolute atomic E-state index is 0.359. The SMILES string of the molecule is CCn1c(-c2ccc(OC)cc2)c(C(C[N+](=O)[O-])C(C(=O)OC)c2c[nH]c3ccccc23)c2cc(OC)ccc21. The van der Waals surface area contributed by atoms with E-state index in [9.17, 15) is 14.9 Å². The maximum absolute atomic E-state index is 13.6. The summed E-state index contributed by atoms with van der Waals surface area (Å²) in [6, 6.07) is 20.9. The summed E-state index contributed by atoms with van der Waals surface area (Å²) in [5, 5.41) is 13.9. The molecule has 0 aliphatic heterocycles. The first kappa shape index (κ1) is 26.8. The third-order valence-electron chi connectivity index (χ3n) is 7.52. The second-order valence-electron chi connectivity index (χ2n) is 9.53. The van der Waals surface area contributed by atoms with Gasteiger partial charge in [0.05, 0.1) is 38.9 Å². The van der Waals surface area contributed by atoms with Crippen molar-refractivity contribution in [3.8, 4) is 22.8 Å². The van der Waals surface area contributed by atoms with Crippen molar-refractivity contribution >= 4 is 27.8 Å². The largest absolute Gasteiger partial charge is 0.497 e. The summed E-state index contributed by atoms with van der Waals surface area (Å²) >= 11 is 0. The molecule has 0 aliphatic carbocycles. The van der Waals surface area contributed by atoms with Gasteiger partial charge in [-0.05, 0) is 72.1 Å². The van der Waals surface area contributed by atoms with Crippen LogP contribution in [0.15, 0.2) is 72.9 Å². The Bertz CT molecular complexity index is 1690. The van der Waals surface area contributed by atoms with Crippen LogP contribution in [0.2, 0.25) is 0 Å². The second-order valence-corrected chi connectivity index (χ2v) is 9.53. The third kappa shape index (κ3) is 4.64.